The molecule has 2 heterocycles. The van der Waals surface area contributed by atoms with Crippen LogP contribution >= 0.6 is 11.6 Å². The highest BCUT2D eigenvalue weighted by Crippen LogP contribution is 2.30. The molecule has 2 N–H and O–H groups in total. The summed E-state index contributed by atoms with van der Waals surface area (Å²) in [6.07, 6.45) is 3.98. The zero-order chi connectivity index (χ0) is 21.8. The molecule has 0 spiro atoms. The highest BCUT2D eigenvalue weighted by Gasteiger charge is 2.13. The fraction of sp³-hybridized carbons (Fsp3) is 0.120. The highest BCUT2D eigenvalue weighted by atomic mass is 35.5. The summed E-state index contributed by atoms with van der Waals surface area (Å²) < 4.78 is 5.65. The number of carbonyl (C=O) groups excluding carboxylic acids is 1. The van der Waals surface area contributed by atoms with Gasteiger partial charge in [0.25, 0.3) is 0 Å². The summed E-state index contributed by atoms with van der Waals surface area (Å²) in [6, 6.07) is 18.1. The third kappa shape index (κ3) is 4.85. The van der Waals surface area contributed by atoms with Gasteiger partial charge in [0.05, 0.1) is 5.56 Å². The molecule has 6 nitrogen and oxygen atoms in total. The zero-order valence-corrected chi connectivity index (χ0v) is 17.1. The molecule has 0 radical (unpaired) electrons. The molecule has 0 amide bonds. The quantitative estimate of drug-likeness (QED) is 0.367. The first-order valence-electron chi connectivity index (χ1n) is 9.54. The molecule has 4 aromatic rings. The fourth-order valence-electron chi connectivity index (χ4n) is 3.21. The summed E-state index contributed by atoms with van der Waals surface area (Å²) in [4.78, 5) is 20.9. The second-order valence-corrected chi connectivity index (χ2v) is 7.30. The van der Waals surface area contributed by atoms with E-state index >= 15 is 0 Å². The molecule has 160 valence electrons. The van der Waals surface area contributed by atoms with Gasteiger partial charge in [0.1, 0.15) is 22.7 Å². The monoisotopic (exact) mass is 444 g/mol. The number of nitrogen functional groups attached to an aromatic ring is 1. The molecular weight excluding hydrogens is 424 g/mol. The zero-order valence-electron chi connectivity index (χ0n) is 16.4. The Balaban J connectivity index is 0.00000289. The number of hydrogen-bond acceptors (Lipinski definition) is 6. The predicted octanol–water partition coefficient (Wildman–Crippen LogP) is 5.98. The number of halogens is 1. The van der Waals surface area contributed by atoms with Gasteiger partial charge in [-0.1, -0.05) is 49.4 Å². The van der Waals surface area contributed by atoms with E-state index in [2.05, 4.69) is 16.0 Å². The van der Waals surface area contributed by atoms with Crippen molar-refractivity contribution in [2.45, 2.75) is 20.3 Å². The van der Waals surface area contributed by atoms with Crippen molar-refractivity contribution in [3.63, 3.8) is 0 Å². The van der Waals surface area contributed by atoms with E-state index in [0.29, 0.717) is 35.5 Å². The molecule has 2 aromatic heterocycles. The molecule has 0 aliphatic carbocycles. The smallest absolute Gasteiger partial charge is 0.238 e. The number of rotatable bonds is 6. The van der Waals surface area contributed by atoms with Crippen LogP contribution in [-0.2, 0) is 6.42 Å². The molecule has 32 heavy (non-hydrogen) atoms. The van der Waals surface area contributed by atoms with Crippen molar-refractivity contribution < 1.29 is 9.53 Å². The Kier molecular flexibility index (Phi) is 7.04. The van der Waals surface area contributed by atoms with Gasteiger partial charge in [-0.2, -0.15) is 5.26 Å². The lowest BCUT2D eigenvalue weighted by Crippen LogP contribution is -2.03. The molecular formula is C25H21ClN4O2. The van der Waals surface area contributed by atoms with E-state index in [9.17, 15) is 10.1 Å². The number of carbonyl (C=O) groups is 1. The van der Waals surface area contributed by atoms with Crippen LogP contribution in [0.5, 0.6) is 11.6 Å². The van der Waals surface area contributed by atoms with Gasteiger partial charge in [-0.25, -0.2) is 9.97 Å². The topological polar surface area (TPSA) is 102 Å². The maximum atomic E-state index is 12.6. The van der Waals surface area contributed by atoms with Crippen LogP contribution in [0.15, 0.2) is 67.0 Å². The van der Waals surface area contributed by atoms with Gasteiger partial charge in [0.15, 0.2) is 5.78 Å². The van der Waals surface area contributed by atoms with Gasteiger partial charge in [-0.3, -0.25) is 4.79 Å². The number of ketones is 1. The van der Waals surface area contributed by atoms with Gasteiger partial charge in [0.2, 0.25) is 5.88 Å². The van der Waals surface area contributed by atoms with Crippen molar-refractivity contribution in [3.05, 3.63) is 88.7 Å². The largest absolute Gasteiger partial charge is 0.436 e. The number of benzene rings is 2. The van der Waals surface area contributed by atoms with Crippen LogP contribution in [0.4, 0.5) is 5.82 Å². The van der Waals surface area contributed by atoms with Crippen molar-refractivity contribution in [2.24, 2.45) is 0 Å². The summed E-state index contributed by atoms with van der Waals surface area (Å²) in [6.45, 7) is 0. The number of hydrogen-bond donors (Lipinski definition) is 1. The van der Waals surface area contributed by atoms with Gasteiger partial charge >= 0.3 is 0 Å². The molecule has 0 unspecified atom stereocenters. The van der Waals surface area contributed by atoms with E-state index < -0.39 is 0 Å². The number of anilines is 1. The standard InChI is InChI=1S/C24H17ClN4O2.CH4/c25-20-12-18(14-29-24(20)31-22-4-2-1-3-17(22)13-26)21(30)8-6-15-5-7-19-16(11-15)9-10-28-23(19)27;/h1-5,7,9-12,14H,6,8H2,(H2,27,28);1H4. The van der Waals surface area contributed by atoms with Crippen LogP contribution in [-0.4, -0.2) is 15.8 Å². The first-order valence-corrected chi connectivity index (χ1v) is 9.92. The highest BCUT2D eigenvalue weighted by molar-refractivity contribution is 6.32. The van der Waals surface area contributed by atoms with Gasteiger partial charge < -0.3 is 10.5 Å². The molecule has 0 fully saturated rings. The Bertz CT molecular complexity index is 1330. The van der Waals surface area contributed by atoms with E-state index in [4.69, 9.17) is 22.1 Å². The third-order valence-electron chi connectivity index (χ3n) is 4.84. The van der Waals surface area contributed by atoms with Crippen molar-refractivity contribution in [1.82, 2.24) is 9.97 Å². The molecule has 4 rings (SSSR count). The van der Waals surface area contributed by atoms with Crippen molar-refractivity contribution in [2.75, 3.05) is 5.73 Å². The van der Waals surface area contributed by atoms with Crippen LogP contribution < -0.4 is 10.5 Å². The maximum absolute atomic E-state index is 12.6. The van der Waals surface area contributed by atoms with Gasteiger partial charge in [-0.15, -0.1) is 0 Å². The van der Waals surface area contributed by atoms with Crippen LogP contribution in [0.25, 0.3) is 10.8 Å². The number of para-hydroxylation sites is 1. The lowest BCUT2D eigenvalue weighted by Gasteiger charge is -2.09. The number of Topliss-reactive ketones (excluding diaryl/α,β-unsaturated/α-hetero) is 1. The molecule has 0 saturated heterocycles. The average molecular weight is 445 g/mol. The van der Waals surface area contributed by atoms with Gasteiger partial charge in [-0.05, 0) is 41.6 Å². The van der Waals surface area contributed by atoms with Gasteiger partial charge in [0, 0.05) is 29.8 Å². The number of ether oxygens (including phenoxy) is 1. The molecule has 0 saturated carbocycles. The van der Waals surface area contributed by atoms with Crippen molar-refractivity contribution in [1.29, 1.82) is 5.26 Å². The van der Waals surface area contributed by atoms with E-state index in [-0.39, 0.29) is 24.1 Å². The van der Waals surface area contributed by atoms with Crippen LogP contribution in [0, 0.1) is 11.3 Å². The average Bonchev–Trinajstić information content (AvgIpc) is 2.79. The Hall–Kier alpha value is -3.95. The molecule has 0 bridgehead atoms. The number of nitrogens with zero attached hydrogens (tertiary/aromatic N) is 3. The number of fused-ring (bicyclic) bond motifs is 1. The normalized spacial score (nSPS) is 10.2. The SMILES string of the molecule is C.N#Cc1ccccc1Oc1ncc(C(=O)CCc2ccc3c(N)nccc3c2)cc1Cl. The van der Waals surface area contributed by atoms with E-state index in [1.807, 2.05) is 24.3 Å². The Morgan fingerprint density at radius 3 is 2.72 bits per heavy atom. The summed E-state index contributed by atoms with van der Waals surface area (Å²) in [5.74, 6) is 0.903. The third-order valence-corrected chi connectivity index (χ3v) is 5.11. The number of nitriles is 1. The van der Waals surface area contributed by atoms with E-state index in [1.165, 1.54) is 12.3 Å². The maximum Gasteiger partial charge on any atom is 0.238 e. The molecule has 0 aliphatic heterocycles. The number of aromatic nitrogens is 2. The predicted molar refractivity (Wildman–Crippen MR) is 126 cm³/mol. The second kappa shape index (κ2) is 9.90. The molecule has 0 aliphatic rings. The minimum Gasteiger partial charge on any atom is -0.436 e. The summed E-state index contributed by atoms with van der Waals surface area (Å²) in [5.41, 5.74) is 7.68. The first kappa shape index (κ1) is 22.7. The Labute approximate surface area is 191 Å². The fourth-order valence-corrected chi connectivity index (χ4v) is 3.42. The lowest BCUT2D eigenvalue weighted by atomic mass is 10.0. The first-order chi connectivity index (χ1) is 15.0. The number of nitrogens with two attached hydrogens (primary N) is 1. The lowest BCUT2D eigenvalue weighted by molar-refractivity contribution is 0.0982. The van der Waals surface area contributed by atoms with E-state index in [1.54, 1.807) is 30.5 Å². The van der Waals surface area contributed by atoms with Crippen LogP contribution in [0.3, 0.4) is 0 Å². The second-order valence-electron chi connectivity index (χ2n) is 6.90. The Morgan fingerprint density at radius 2 is 1.94 bits per heavy atom. The minimum absolute atomic E-state index is 0. The van der Waals surface area contributed by atoms with Crippen molar-refractivity contribution in [3.8, 4) is 17.7 Å². The van der Waals surface area contributed by atoms with Crippen LogP contribution in [0.2, 0.25) is 5.02 Å². The summed E-state index contributed by atoms with van der Waals surface area (Å²) >= 11 is 6.28. The summed E-state index contributed by atoms with van der Waals surface area (Å²) in [5, 5.41) is 11.2. The van der Waals surface area contributed by atoms with Crippen molar-refractivity contribution >= 4 is 34.0 Å². The number of pyridine rings is 2. The molecule has 2 aromatic carbocycles. The summed E-state index contributed by atoms with van der Waals surface area (Å²) in [7, 11) is 0. The Morgan fingerprint density at radius 1 is 1.12 bits per heavy atom. The number of aryl methyl sites for hydroxylation is 1. The van der Waals surface area contributed by atoms with E-state index in [0.717, 1.165) is 16.3 Å². The molecule has 0 atom stereocenters. The van der Waals surface area contributed by atoms with Crippen LogP contribution in [0.1, 0.15) is 35.3 Å². The minimum atomic E-state index is -0.0762. The molecule has 7 heteroatoms.